The van der Waals surface area contributed by atoms with Crippen molar-refractivity contribution in [2.75, 3.05) is 25.9 Å². The van der Waals surface area contributed by atoms with Gasteiger partial charge in [0.25, 0.3) is 0 Å². The van der Waals surface area contributed by atoms with Crippen LogP contribution in [0.5, 0.6) is 0 Å². The van der Waals surface area contributed by atoms with Crippen LogP contribution in [0.4, 0.5) is 0 Å². The van der Waals surface area contributed by atoms with Gasteiger partial charge in [0.05, 0.1) is 6.54 Å². The first-order chi connectivity index (χ1) is 11.5. The quantitative estimate of drug-likeness (QED) is 0.473. The molecule has 0 atom stereocenters. The molecule has 0 aliphatic rings. The van der Waals surface area contributed by atoms with Crippen LogP contribution in [-0.4, -0.2) is 42.5 Å². The third kappa shape index (κ3) is 8.82. The molecule has 0 aromatic heterocycles. The summed E-state index contributed by atoms with van der Waals surface area (Å²) in [5, 5.41) is 9.35. The molecule has 1 aromatic rings. The number of benzene rings is 1. The number of hydrogen-bond donors (Lipinski definition) is 3. The minimum Gasteiger partial charge on any atom is -0.357 e. The van der Waals surface area contributed by atoms with Gasteiger partial charge in [0.2, 0.25) is 5.91 Å². The van der Waals surface area contributed by atoms with Crippen molar-refractivity contribution in [3.05, 3.63) is 35.9 Å². The number of rotatable bonds is 9. The van der Waals surface area contributed by atoms with Crippen LogP contribution in [-0.2, 0) is 11.3 Å². The zero-order valence-corrected chi connectivity index (χ0v) is 16.0. The molecule has 6 heteroatoms. The molecule has 0 saturated heterocycles. The molecule has 5 nitrogen and oxygen atoms in total. The van der Waals surface area contributed by atoms with Gasteiger partial charge in [-0.05, 0) is 32.6 Å². The van der Waals surface area contributed by atoms with Gasteiger partial charge in [-0.25, -0.2) is 0 Å². The average molecular weight is 351 g/mol. The second kappa shape index (κ2) is 11.0. The van der Waals surface area contributed by atoms with Gasteiger partial charge in [0.1, 0.15) is 0 Å². The maximum atomic E-state index is 11.9. The fourth-order valence-electron chi connectivity index (χ4n) is 1.86. The van der Waals surface area contributed by atoms with Crippen molar-refractivity contribution in [2.45, 2.75) is 38.5 Å². The van der Waals surface area contributed by atoms with E-state index in [1.807, 2.05) is 37.3 Å². The minimum atomic E-state index is 0.0339. The first-order valence-electron chi connectivity index (χ1n) is 8.35. The Bertz CT molecular complexity index is 517. The lowest BCUT2D eigenvalue weighted by molar-refractivity contribution is -0.121. The van der Waals surface area contributed by atoms with Gasteiger partial charge in [-0.2, -0.15) is 11.8 Å². The first kappa shape index (κ1) is 20.4. The molecule has 0 bridgehead atoms. The van der Waals surface area contributed by atoms with Crippen LogP contribution >= 0.6 is 11.8 Å². The summed E-state index contributed by atoms with van der Waals surface area (Å²) >= 11 is 1.79. The molecular formula is C18H30N4OS. The maximum absolute atomic E-state index is 11.9. The Morgan fingerprint density at radius 1 is 1.17 bits per heavy atom. The van der Waals surface area contributed by atoms with E-state index in [1.165, 1.54) is 0 Å². The molecular weight excluding hydrogens is 320 g/mol. The highest BCUT2D eigenvalue weighted by Gasteiger charge is 2.15. The predicted molar refractivity (Wildman–Crippen MR) is 104 cm³/mol. The number of carbonyl (C=O) groups excluding carboxylic acids is 1. The molecule has 0 aliphatic carbocycles. The number of nitrogens with zero attached hydrogens (tertiary/aromatic N) is 1. The molecule has 0 aliphatic heterocycles. The molecule has 0 fully saturated rings. The van der Waals surface area contributed by atoms with Crippen LogP contribution < -0.4 is 16.0 Å². The molecule has 0 saturated carbocycles. The van der Waals surface area contributed by atoms with Gasteiger partial charge < -0.3 is 16.0 Å². The SMILES string of the molecule is CCNC(=NCC(C)(C)SC)NCCC(=O)NCc1ccccc1. The second-order valence-corrected chi connectivity index (χ2v) is 7.61. The highest BCUT2D eigenvalue weighted by Crippen LogP contribution is 2.20. The zero-order valence-electron chi connectivity index (χ0n) is 15.2. The van der Waals surface area contributed by atoms with Crippen LogP contribution in [0.25, 0.3) is 0 Å². The van der Waals surface area contributed by atoms with Gasteiger partial charge in [-0.3, -0.25) is 9.79 Å². The standard InChI is InChI=1S/C18H30N4OS/c1-5-19-17(22-14-18(2,3)24-4)20-12-11-16(23)21-13-15-9-7-6-8-10-15/h6-10H,5,11-14H2,1-4H3,(H,21,23)(H2,19,20,22). The lowest BCUT2D eigenvalue weighted by Gasteiger charge is -2.20. The third-order valence-electron chi connectivity index (χ3n) is 3.49. The van der Waals surface area contributed by atoms with Crippen LogP contribution in [0.2, 0.25) is 0 Å². The number of hydrogen-bond acceptors (Lipinski definition) is 3. The number of aliphatic imine (C=N–C) groups is 1. The summed E-state index contributed by atoms with van der Waals surface area (Å²) in [4.78, 5) is 16.5. The van der Waals surface area contributed by atoms with Gasteiger partial charge >= 0.3 is 0 Å². The molecule has 3 N–H and O–H groups in total. The van der Waals surface area contributed by atoms with E-state index in [0.29, 0.717) is 19.5 Å². The van der Waals surface area contributed by atoms with Crippen molar-refractivity contribution in [1.82, 2.24) is 16.0 Å². The van der Waals surface area contributed by atoms with Crippen molar-refractivity contribution in [3.8, 4) is 0 Å². The highest BCUT2D eigenvalue weighted by molar-refractivity contribution is 7.99. The lowest BCUT2D eigenvalue weighted by Crippen LogP contribution is -2.40. The van der Waals surface area contributed by atoms with Gasteiger partial charge in [0.15, 0.2) is 5.96 Å². The fourth-order valence-corrected chi connectivity index (χ4v) is 2.05. The molecule has 0 spiro atoms. The number of nitrogens with one attached hydrogen (secondary N) is 3. The number of thioether (sulfide) groups is 1. The Morgan fingerprint density at radius 3 is 2.50 bits per heavy atom. The Labute approximate surface area is 150 Å². The normalized spacial score (nSPS) is 11.9. The third-order valence-corrected chi connectivity index (χ3v) is 4.73. The maximum Gasteiger partial charge on any atom is 0.222 e. The van der Waals surface area contributed by atoms with E-state index in [0.717, 1.165) is 24.6 Å². The van der Waals surface area contributed by atoms with Crippen LogP contribution in [0, 0.1) is 0 Å². The van der Waals surface area contributed by atoms with E-state index < -0.39 is 0 Å². The van der Waals surface area contributed by atoms with E-state index in [1.54, 1.807) is 11.8 Å². The first-order valence-corrected chi connectivity index (χ1v) is 9.57. The molecule has 134 valence electrons. The van der Waals surface area contributed by atoms with E-state index in [4.69, 9.17) is 0 Å². The monoisotopic (exact) mass is 350 g/mol. The number of carbonyl (C=O) groups is 1. The average Bonchev–Trinajstić information content (AvgIpc) is 2.59. The highest BCUT2D eigenvalue weighted by atomic mass is 32.2. The van der Waals surface area contributed by atoms with Gasteiger partial charge in [-0.1, -0.05) is 30.3 Å². The Hall–Kier alpha value is -1.69. The lowest BCUT2D eigenvalue weighted by atomic mass is 10.2. The summed E-state index contributed by atoms with van der Waals surface area (Å²) in [7, 11) is 0. The summed E-state index contributed by atoms with van der Waals surface area (Å²) in [6.07, 6.45) is 2.51. The van der Waals surface area contributed by atoms with E-state index >= 15 is 0 Å². The Balaban J connectivity index is 2.33. The van der Waals surface area contributed by atoms with Crippen molar-refractivity contribution in [3.63, 3.8) is 0 Å². The summed E-state index contributed by atoms with van der Waals surface area (Å²) in [6, 6.07) is 9.91. The molecule has 0 unspecified atom stereocenters. The number of guanidine groups is 1. The molecule has 1 amide bonds. The van der Waals surface area contributed by atoms with E-state index in [9.17, 15) is 4.79 Å². The largest absolute Gasteiger partial charge is 0.357 e. The predicted octanol–water partition coefficient (Wildman–Crippen LogP) is 2.39. The molecule has 24 heavy (non-hydrogen) atoms. The fraction of sp³-hybridized carbons (Fsp3) is 0.556. The molecule has 1 aromatic carbocycles. The van der Waals surface area contributed by atoms with E-state index in [2.05, 4.69) is 41.0 Å². The smallest absolute Gasteiger partial charge is 0.222 e. The van der Waals surface area contributed by atoms with Crippen molar-refractivity contribution in [2.24, 2.45) is 4.99 Å². The van der Waals surface area contributed by atoms with Crippen molar-refractivity contribution >= 4 is 23.6 Å². The van der Waals surface area contributed by atoms with Gasteiger partial charge in [0, 0.05) is 30.8 Å². The topological polar surface area (TPSA) is 65.5 Å². The Morgan fingerprint density at radius 2 is 1.88 bits per heavy atom. The summed E-state index contributed by atoms with van der Waals surface area (Å²) in [5.41, 5.74) is 1.10. The summed E-state index contributed by atoms with van der Waals surface area (Å²) in [6.45, 7) is 9.02. The molecule has 1 rings (SSSR count). The second-order valence-electron chi connectivity index (χ2n) is 6.10. The van der Waals surface area contributed by atoms with Crippen molar-refractivity contribution < 1.29 is 4.79 Å². The molecule has 0 heterocycles. The zero-order chi connectivity index (χ0) is 17.8. The van der Waals surface area contributed by atoms with Crippen molar-refractivity contribution in [1.29, 1.82) is 0 Å². The van der Waals surface area contributed by atoms with Crippen LogP contribution in [0.1, 0.15) is 32.8 Å². The Kier molecular flexibility index (Phi) is 9.30. The van der Waals surface area contributed by atoms with E-state index in [-0.39, 0.29) is 10.7 Å². The number of amides is 1. The summed E-state index contributed by atoms with van der Waals surface area (Å²) in [5.74, 6) is 0.794. The summed E-state index contributed by atoms with van der Waals surface area (Å²) < 4.78 is 0.107. The van der Waals surface area contributed by atoms with Gasteiger partial charge in [-0.15, -0.1) is 0 Å². The van der Waals surface area contributed by atoms with Crippen LogP contribution in [0.3, 0.4) is 0 Å². The van der Waals surface area contributed by atoms with Crippen LogP contribution in [0.15, 0.2) is 35.3 Å². The molecule has 0 radical (unpaired) electrons. The minimum absolute atomic E-state index is 0.0339.